The topological polar surface area (TPSA) is 9.86 Å². The summed E-state index contributed by atoms with van der Waals surface area (Å²) in [5.41, 5.74) is 4.29. The van der Waals surface area contributed by atoms with E-state index >= 15 is 0 Å². The molecule has 0 spiro atoms. The molecule has 0 saturated heterocycles. The van der Waals surface area contributed by atoms with E-state index in [1.165, 1.54) is 0 Å². The van der Waals surface area contributed by atoms with E-state index in [0.29, 0.717) is 0 Å². The standard InChI is InChI=1S/C20H14Cl2N2S/c21-15-3-1-14(2-4-15)20-13-23(17-7-5-16(22)6-8-17)24(20)18-9-11-19(25)12-10-18/h1-13,25H. The van der Waals surface area contributed by atoms with Crippen molar-refractivity contribution >= 4 is 35.8 Å². The first kappa shape index (κ1) is 16.4. The minimum atomic E-state index is 0.720. The number of hydrogen-bond donors (Lipinski definition) is 1. The fourth-order valence-electron chi connectivity index (χ4n) is 2.75. The predicted octanol–water partition coefficient (Wildman–Crippen LogP) is 6.53. The number of rotatable bonds is 3. The fourth-order valence-corrected chi connectivity index (χ4v) is 3.15. The Hall–Kier alpha value is -2.07. The zero-order valence-corrected chi connectivity index (χ0v) is 15.5. The van der Waals surface area contributed by atoms with Gasteiger partial charge in [0.05, 0.1) is 23.3 Å². The van der Waals surface area contributed by atoms with Gasteiger partial charge in [0.25, 0.3) is 0 Å². The monoisotopic (exact) mass is 384 g/mol. The minimum absolute atomic E-state index is 0.720. The van der Waals surface area contributed by atoms with Crippen LogP contribution in [0.3, 0.4) is 0 Å². The largest absolute Gasteiger partial charge is 0.254 e. The highest BCUT2D eigenvalue weighted by Gasteiger charge is 2.16. The van der Waals surface area contributed by atoms with Crippen LogP contribution in [0.25, 0.3) is 22.6 Å². The molecule has 0 saturated carbocycles. The van der Waals surface area contributed by atoms with Crippen molar-refractivity contribution in [3.05, 3.63) is 89.0 Å². The Morgan fingerprint density at radius 3 is 1.76 bits per heavy atom. The zero-order valence-electron chi connectivity index (χ0n) is 13.1. The third-order valence-corrected chi connectivity index (χ3v) is 4.82. The maximum Gasteiger partial charge on any atom is 0.0891 e. The van der Waals surface area contributed by atoms with Crippen LogP contribution >= 0.6 is 35.8 Å². The third-order valence-electron chi connectivity index (χ3n) is 4.01. The van der Waals surface area contributed by atoms with Crippen LogP contribution in [0.1, 0.15) is 0 Å². The average molecular weight is 385 g/mol. The zero-order chi connectivity index (χ0) is 17.4. The number of nitrogens with zero attached hydrogens (tertiary/aromatic N) is 2. The average Bonchev–Trinajstić information content (AvgIpc) is 2.59. The summed E-state index contributed by atoms with van der Waals surface area (Å²) in [5, 5.41) is 1.45. The van der Waals surface area contributed by atoms with Crippen LogP contribution in [0.5, 0.6) is 0 Å². The summed E-state index contributed by atoms with van der Waals surface area (Å²) in [7, 11) is 0. The first-order valence-corrected chi connectivity index (χ1v) is 8.94. The highest BCUT2D eigenvalue weighted by Crippen LogP contribution is 2.30. The van der Waals surface area contributed by atoms with Gasteiger partial charge >= 0.3 is 0 Å². The van der Waals surface area contributed by atoms with E-state index < -0.39 is 0 Å². The number of thiol groups is 1. The van der Waals surface area contributed by atoms with Gasteiger partial charge in [-0.05, 0) is 60.7 Å². The normalized spacial score (nSPS) is 11.0. The van der Waals surface area contributed by atoms with Crippen molar-refractivity contribution in [1.82, 2.24) is 9.36 Å². The second-order valence-electron chi connectivity index (χ2n) is 5.67. The Kier molecular flexibility index (Phi) is 4.38. The van der Waals surface area contributed by atoms with Gasteiger partial charge in [-0.25, -0.2) is 4.68 Å². The molecule has 2 nitrogen and oxygen atoms in total. The van der Waals surface area contributed by atoms with E-state index in [0.717, 1.165) is 37.6 Å². The van der Waals surface area contributed by atoms with Gasteiger partial charge in [-0.2, -0.15) is 0 Å². The van der Waals surface area contributed by atoms with Gasteiger partial charge in [0, 0.05) is 20.5 Å². The molecule has 124 valence electrons. The van der Waals surface area contributed by atoms with Crippen LogP contribution < -0.4 is 0 Å². The molecule has 3 aromatic carbocycles. The lowest BCUT2D eigenvalue weighted by Crippen LogP contribution is -2.20. The molecule has 0 bridgehead atoms. The van der Waals surface area contributed by atoms with E-state index in [9.17, 15) is 0 Å². The molecule has 0 atom stereocenters. The van der Waals surface area contributed by atoms with Gasteiger partial charge in [-0.1, -0.05) is 35.3 Å². The number of hydrogen-bond acceptors (Lipinski definition) is 1. The Morgan fingerprint density at radius 1 is 0.640 bits per heavy atom. The third kappa shape index (κ3) is 3.23. The van der Waals surface area contributed by atoms with E-state index in [1.54, 1.807) is 0 Å². The highest BCUT2D eigenvalue weighted by molar-refractivity contribution is 7.80. The van der Waals surface area contributed by atoms with Crippen LogP contribution in [0.4, 0.5) is 0 Å². The Morgan fingerprint density at radius 2 is 1.16 bits per heavy atom. The molecule has 0 amide bonds. The Bertz CT molecular complexity index is 939. The van der Waals surface area contributed by atoms with E-state index in [1.807, 2.05) is 72.8 Å². The van der Waals surface area contributed by atoms with E-state index in [2.05, 4.69) is 28.2 Å². The lowest BCUT2D eigenvalue weighted by Gasteiger charge is -2.27. The van der Waals surface area contributed by atoms with Crippen molar-refractivity contribution in [3.8, 4) is 22.6 Å². The van der Waals surface area contributed by atoms with E-state index in [4.69, 9.17) is 23.2 Å². The van der Waals surface area contributed by atoms with Gasteiger partial charge in [0.2, 0.25) is 0 Å². The first-order valence-electron chi connectivity index (χ1n) is 7.73. The molecular formula is C20H14Cl2N2S. The SMILES string of the molecule is Sc1ccc(-n2c(-c3ccc(Cl)cc3)cn2-c2ccc(Cl)cc2)cc1. The maximum atomic E-state index is 6.02. The van der Waals surface area contributed by atoms with Gasteiger partial charge < -0.3 is 0 Å². The molecule has 4 aromatic rings. The summed E-state index contributed by atoms with van der Waals surface area (Å²) in [4.78, 5) is 0.930. The van der Waals surface area contributed by atoms with Crippen molar-refractivity contribution in [1.29, 1.82) is 0 Å². The molecule has 0 aliphatic rings. The van der Waals surface area contributed by atoms with E-state index in [-0.39, 0.29) is 0 Å². The number of halogens is 2. The summed E-state index contributed by atoms with van der Waals surface area (Å²) in [6.07, 6.45) is 2.10. The van der Waals surface area contributed by atoms with Crippen LogP contribution in [0.15, 0.2) is 83.9 Å². The summed E-state index contributed by atoms with van der Waals surface area (Å²) < 4.78 is 4.24. The lowest BCUT2D eigenvalue weighted by atomic mass is 10.1. The number of benzene rings is 3. The van der Waals surface area contributed by atoms with Gasteiger partial charge in [0.15, 0.2) is 0 Å². The molecule has 0 aliphatic carbocycles. The minimum Gasteiger partial charge on any atom is -0.254 e. The van der Waals surface area contributed by atoms with Gasteiger partial charge in [-0.3, -0.25) is 4.68 Å². The summed E-state index contributed by atoms with van der Waals surface area (Å²) in [6.45, 7) is 0. The molecule has 5 heteroatoms. The Labute approximate surface area is 161 Å². The second-order valence-corrected chi connectivity index (χ2v) is 7.06. The number of aromatic nitrogens is 2. The molecule has 0 unspecified atom stereocenters. The second kappa shape index (κ2) is 6.68. The van der Waals surface area contributed by atoms with Gasteiger partial charge in [-0.15, -0.1) is 12.6 Å². The van der Waals surface area contributed by atoms with Gasteiger partial charge in [0.1, 0.15) is 0 Å². The lowest BCUT2D eigenvalue weighted by molar-refractivity contribution is 0.671. The smallest absolute Gasteiger partial charge is 0.0891 e. The van der Waals surface area contributed by atoms with Crippen LogP contribution in [0.2, 0.25) is 10.0 Å². The molecular weight excluding hydrogens is 371 g/mol. The maximum absolute atomic E-state index is 6.02. The molecule has 4 rings (SSSR count). The van der Waals surface area contributed by atoms with Crippen molar-refractivity contribution < 1.29 is 0 Å². The molecule has 25 heavy (non-hydrogen) atoms. The van der Waals surface area contributed by atoms with Crippen molar-refractivity contribution in [2.24, 2.45) is 0 Å². The van der Waals surface area contributed by atoms with Crippen molar-refractivity contribution in [2.45, 2.75) is 4.90 Å². The molecule has 0 radical (unpaired) electrons. The van der Waals surface area contributed by atoms with Crippen LogP contribution in [-0.2, 0) is 0 Å². The first-order chi connectivity index (χ1) is 12.1. The summed E-state index contributed by atoms with van der Waals surface area (Å²) in [5.74, 6) is 0. The molecule has 1 heterocycles. The molecule has 1 aromatic heterocycles. The quantitative estimate of drug-likeness (QED) is 0.384. The summed E-state index contributed by atoms with van der Waals surface area (Å²) in [6, 6.07) is 23.7. The predicted molar refractivity (Wildman–Crippen MR) is 108 cm³/mol. The van der Waals surface area contributed by atoms with Crippen molar-refractivity contribution in [3.63, 3.8) is 0 Å². The molecule has 0 fully saturated rings. The highest BCUT2D eigenvalue weighted by atomic mass is 35.5. The van der Waals surface area contributed by atoms with Crippen LogP contribution in [0, 0.1) is 0 Å². The fraction of sp³-hybridized carbons (Fsp3) is 0. The molecule has 0 N–H and O–H groups in total. The van der Waals surface area contributed by atoms with Crippen molar-refractivity contribution in [2.75, 3.05) is 0 Å². The Balaban J connectivity index is 1.86. The summed E-state index contributed by atoms with van der Waals surface area (Å²) >= 11 is 16.4. The molecule has 0 aliphatic heterocycles. The van der Waals surface area contributed by atoms with Crippen LogP contribution in [-0.4, -0.2) is 9.36 Å².